The Hall–Kier alpha value is -0.140. The molecule has 0 amide bonds. The van der Waals surface area contributed by atoms with E-state index in [1.807, 2.05) is 25.1 Å². The first kappa shape index (κ1) is 11.3. The van der Waals surface area contributed by atoms with Gasteiger partial charge in [0.1, 0.15) is 0 Å². The smallest absolute Gasteiger partial charge is 0.0800 e. The van der Waals surface area contributed by atoms with Gasteiger partial charge in [-0.2, -0.15) is 0 Å². The normalized spacial score (nSPS) is 11.0. The van der Waals surface area contributed by atoms with Crippen molar-refractivity contribution in [3.63, 3.8) is 0 Å². The van der Waals surface area contributed by atoms with E-state index in [1.54, 1.807) is 0 Å². The summed E-state index contributed by atoms with van der Waals surface area (Å²) in [6, 6.07) is 5.78. The quantitative estimate of drug-likeness (QED) is 0.425. The maximum Gasteiger partial charge on any atom is 0.0800 e. The molecule has 0 nitrogen and oxygen atoms in total. The van der Waals surface area contributed by atoms with Gasteiger partial charge in [-0.15, -0.1) is 0 Å². The van der Waals surface area contributed by atoms with Crippen molar-refractivity contribution >= 4 is 57.2 Å². The number of rotatable bonds is 0. The molecule has 4 heteroatoms. The van der Waals surface area contributed by atoms with Gasteiger partial charge < -0.3 is 0 Å². The number of aryl methyl sites for hydroxylation is 1. The average molecular weight is 280 g/mol. The van der Waals surface area contributed by atoms with Crippen molar-refractivity contribution in [1.29, 1.82) is 0 Å². The molecule has 0 aromatic heterocycles. The SMILES string of the molecule is Cc1ccc2c(Cl)c(Cl)c(Cl)c(Cl)c2c1. The van der Waals surface area contributed by atoms with Crippen LogP contribution in [0.5, 0.6) is 0 Å². The molecule has 2 rings (SSSR count). The van der Waals surface area contributed by atoms with E-state index in [9.17, 15) is 0 Å². The van der Waals surface area contributed by atoms with Crippen molar-refractivity contribution in [2.45, 2.75) is 6.92 Å². The van der Waals surface area contributed by atoms with E-state index >= 15 is 0 Å². The van der Waals surface area contributed by atoms with Crippen LogP contribution in [0.1, 0.15) is 5.56 Å². The van der Waals surface area contributed by atoms with E-state index < -0.39 is 0 Å². The molecule has 0 heterocycles. The molecule has 0 saturated heterocycles. The van der Waals surface area contributed by atoms with Gasteiger partial charge in [0.25, 0.3) is 0 Å². The second-order valence-corrected chi connectivity index (χ2v) is 4.82. The van der Waals surface area contributed by atoms with E-state index in [-0.39, 0.29) is 0 Å². The van der Waals surface area contributed by atoms with Crippen molar-refractivity contribution in [1.82, 2.24) is 0 Å². The molecular formula is C11H6Cl4. The fourth-order valence-electron chi connectivity index (χ4n) is 1.46. The standard InChI is InChI=1S/C11H6Cl4/c1-5-2-3-6-7(4-5)9(13)11(15)10(14)8(6)12/h2-4H,1H3. The minimum Gasteiger partial charge on any atom is -0.0820 e. The van der Waals surface area contributed by atoms with Crippen LogP contribution < -0.4 is 0 Å². The van der Waals surface area contributed by atoms with E-state index in [0.717, 1.165) is 16.3 Å². The highest BCUT2D eigenvalue weighted by atomic mass is 35.5. The number of hydrogen-bond donors (Lipinski definition) is 0. The fraction of sp³-hybridized carbons (Fsp3) is 0.0909. The number of fused-ring (bicyclic) bond motifs is 1. The molecule has 0 saturated carbocycles. The van der Waals surface area contributed by atoms with Gasteiger partial charge in [-0.1, -0.05) is 64.1 Å². The number of halogens is 4. The van der Waals surface area contributed by atoms with Crippen LogP contribution in [-0.4, -0.2) is 0 Å². The van der Waals surface area contributed by atoms with Crippen LogP contribution in [0.15, 0.2) is 18.2 Å². The zero-order valence-corrected chi connectivity index (χ0v) is 10.8. The molecule has 0 atom stereocenters. The maximum absolute atomic E-state index is 6.10. The second kappa shape index (κ2) is 4.03. The third-order valence-electron chi connectivity index (χ3n) is 2.23. The summed E-state index contributed by atoms with van der Waals surface area (Å²) in [6.07, 6.45) is 0. The summed E-state index contributed by atoms with van der Waals surface area (Å²) in [5, 5.41) is 3.16. The minimum absolute atomic E-state index is 0.305. The molecule has 2 aromatic carbocycles. The molecule has 0 unspecified atom stereocenters. The molecule has 0 fully saturated rings. The Balaban J connectivity index is 3.00. The van der Waals surface area contributed by atoms with Crippen LogP contribution in [0.4, 0.5) is 0 Å². The van der Waals surface area contributed by atoms with Crippen molar-refractivity contribution in [2.75, 3.05) is 0 Å². The number of hydrogen-bond acceptors (Lipinski definition) is 0. The first-order chi connectivity index (χ1) is 7.02. The monoisotopic (exact) mass is 278 g/mol. The van der Waals surface area contributed by atoms with E-state index in [4.69, 9.17) is 46.4 Å². The fourth-order valence-corrected chi connectivity index (χ4v) is 2.46. The van der Waals surface area contributed by atoms with Gasteiger partial charge in [-0.25, -0.2) is 0 Å². The van der Waals surface area contributed by atoms with Crippen LogP contribution in [-0.2, 0) is 0 Å². The van der Waals surface area contributed by atoms with Gasteiger partial charge in [0.15, 0.2) is 0 Å². The van der Waals surface area contributed by atoms with Crippen LogP contribution >= 0.6 is 46.4 Å². The molecule has 0 bridgehead atoms. The molecule has 0 aliphatic rings. The summed E-state index contributed by atoms with van der Waals surface area (Å²) in [7, 11) is 0. The Kier molecular flexibility index (Phi) is 3.05. The number of benzene rings is 2. The van der Waals surface area contributed by atoms with Gasteiger partial charge in [0, 0.05) is 10.8 Å². The van der Waals surface area contributed by atoms with Gasteiger partial charge >= 0.3 is 0 Å². The third-order valence-corrected chi connectivity index (χ3v) is 4.06. The molecule has 2 aromatic rings. The van der Waals surface area contributed by atoms with Crippen molar-refractivity contribution < 1.29 is 0 Å². The molecule has 0 spiro atoms. The van der Waals surface area contributed by atoms with E-state index in [1.165, 1.54) is 0 Å². The third kappa shape index (κ3) is 1.81. The van der Waals surface area contributed by atoms with Gasteiger partial charge in [0.05, 0.1) is 20.1 Å². The van der Waals surface area contributed by atoms with E-state index in [2.05, 4.69) is 0 Å². The summed E-state index contributed by atoms with van der Waals surface area (Å²) >= 11 is 24.1. The zero-order valence-electron chi connectivity index (χ0n) is 7.74. The highest BCUT2D eigenvalue weighted by molar-refractivity contribution is 6.55. The summed E-state index contributed by atoms with van der Waals surface area (Å²) in [5.74, 6) is 0. The first-order valence-corrected chi connectivity index (χ1v) is 5.76. The van der Waals surface area contributed by atoms with Gasteiger partial charge in [-0.05, 0) is 13.0 Å². The highest BCUT2D eigenvalue weighted by Gasteiger charge is 2.14. The molecule has 0 N–H and O–H groups in total. The van der Waals surface area contributed by atoms with Gasteiger partial charge in [0.2, 0.25) is 0 Å². The zero-order chi connectivity index (χ0) is 11.2. The first-order valence-electron chi connectivity index (χ1n) is 4.24. The Morgan fingerprint density at radius 2 is 1.27 bits per heavy atom. The van der Waals surface area contributed by atoms with Crippen molar-refractivity contribution in [3.05, 3.63) is 43.9 Å². The maximum atomic E-state index is 6.10. The molecule has 0 aliphatic heterocycles. The summed E-state index contributed by atoms with van der Waals surface area (Å²) in [4.78, 5) is 0. The minimum atomic E-state index is 0.305. The summed E-state index contributed by atoms with van der Waals surface area (Å²) < 4.78 is 0. The van der Waals surface area contributed by atoms with Gasteiger partial charge in [-0.3, -0.25) is 0 Å². The average Bonchev–Trinajstić information content (AvgIpc) is 2.23. The topological polar surface area (TPSA) is 0 Å². The Bertz CT molecular complexity index is 546. The summed E-state index contributed by atoms with van der Waals surface area (Å²) in [6.45, 7) is 1.98. The predicted octanol–water partition coefficient (Wildman–Crippen LogP) is 5.76. The van der Waals surface area contributed by atoms with Crippen LogP contribution in [0.2, 0.25) is 20.1 Å². The lowest BCUT2D eigenvalue weighted by Crippen LogP contribution is -1.82. The van der Waals surface area contributed by atoms with Crippen LogP contribution in [0.3, 0.4) is 0 Å². The molecular weight excluding hydrogens is 274 g/mol. The Morgan fingerprint density at radius 1 is 0.733 bits per heavy atom. The predicted molar refractivity (Wildman–Crippen MR) is 68.7 cm³/mol. The lowest BCUT2D eigenvalue weighted by molar-refractivity contribution is 1.51. The van der Waals surface area contributed by atoms with Crippen molar-refractivity contribution in [3.8, 4) is 0 Å². The molecule has 15 heavy (non-hydrogen) atoms. The second-order valence-electron chi connectivity index (χ2n) is 3.30. The van der Waals surface area contributed by atoms with Crippen molar-refractivity contribution in [2.24, 2.45) is 0 Å². The lowest BCUT2D eigenvalue weighted by atomic mass is 10.1. The Labute approximate surface area is 108 Å². The Morgan fingerprint density at radius 3 is 1.87 bits per heavy atom. The molecule has 78 valence electrons. The van der Waals surface area contributed by atoms with E-state index in [0.29, 0.717) is 20.1 Å². The van der Waals surface area contributed by atoms with Crippen LogP contribution in [0, 0.1) is 6.92 Å². The molecule has 0 radical (unpaired) electrons. The van der Waals surface area contributed by atoms with Crippen LogP contribution in [0.25, 0.3) is 10.8 Å². The molecule has 0 aliphatic carbocycles. The summed E-state index contributed by atoms with van der Waals surface area (Å²) in [5.41, 5.74) is 1.10. The largest absolute Gasteiger partial charge is 0.0820 e. The highest BCUT2D eigenvalue weighted by Crippen LogP contribution is 2.42. The lowest BCUT2D eigenvalue weighted by Gasteiger charge is -2.08.